The van der Waals surface area contributed by atoms with Crippen molar-refractivity contribution >= 4 is 15.9 Å². The number of carbonyl (C=O) groups excluding carboxylic acids is 1. The van der Waals surface area contributed by atoms with Crippen molar-refractivity contribution in [3.63, 3.8) is 0 Å². The van der Waals surface area contributed by atoms with Crippen molar-refractivity contribution in [2.75, 3.05) is 20.1 Å². The zero-order valence-electron chi connectivity index (χ0n) is 12.2. The molecule has 0 saturated carbocycles. The van der Waals surface area contributed by atoms with Crippen LogP contribution in [0.5, 0.6) is 0 Å². The lowest BCUT2D eigenvalue weighted by atomic mass is 10.2. The van der Waals surface area contributed by atoms with E-state index in [1.165, 1.54) is 7.05 Å². The molecule has 1 amide bonds. The lowest BCUT2D eigenvalue weighted by Crippen LogP contribution is -2.38. The van der Waals surface area contributed by atoms with Crippen molar-refractivity contribution in [1.82, 2.24) is 9.62 Å². The number of benzene rings is 1. The van der Waals surface area contributed by atoms with Crippen LogP contribution in [0, 0.1) is 6.92 Å². The van der Waals surface area contributed by atoms with Crippen LogP contribution in [-0.4, -0.2) is 38.8 Å². The first-order valence-corrected chi connectivity index (χ1v) is 8.11. The summed E-state index contributed by atoms with van der Waals surface area (Å²) in [6, 6.07) is 6.58. The lowest BCUT2D eigenvalue weighted by molar-refractivity contribution is -0.121. The highest BCUT2D eigenvalue weighted by molar-refractivity contribution is 7.89. The molecular formula is C14H22N2O3S. The second-order valence-corrected chi connectivity index (χ2v) is 6.82. The van der Waals surface area contributed by atoms with E-state index in [1.54, 1.807) is 24.3 Å². The number of unbranched alkanes of at least 4 members (excludes halogenated alkanes) is 1. The molecule has 0 unspecified atom stereocenters. The van der Waals surface area contributed by atoms with Gasteiger partial charge in [-0.15, -0.1) is 0 Å². The van der Waals surface area contributed by atoms with Crippen molar-refractivity contribution in [1.29, 1.82) is 0 Å². The molecule has 0 atom stereocenters. The van der Waals surface area contributed by atoms with E-state index in [2.05, 4.69) is 5.32 Å². The maximum atomic E-state index is 12.3. The molecule has 1 aromatic carbocycles. The number of rotatable bonds is 7. The van der Waals surface area contributed by atoms with Gasteiger partial charge in [-0.1, -0.05) is 31.0 Å². The summed E-state index contributed by atoms with van der Waals surface area (Å²) in [6.07, 6.45) is 1.87. The third kappa shape index (κ3) is 4.61. The molecule has 1 rings (SSSR count). The van der Waals surface area contributed by atoms with Gasteiger partial charge >= 0.3 is 0 Å². The molecule has 0 aliphatic carbocycles. The van der Waals surface area contributed by atoms with E-state index in [-0.39, 0.29) is 17.3 Å². The number of amides is 1. The largest absolute Gasteiger partial charge is 0.355 e. The van der Waals surface area contributed by atoms with Crippen LogP contribution in [-0.2, 0) is 14.8 Å². The zero-order valence-corrected chi connectivity index (χ0v) is 13.0. The highest BCUT2D eigenvalue weighted by Gasteiger charge is 2.22. The predicted molar refractivity (Wildman–Crippen MR) is 78.9 cm³/mol. The second-order valence-electron chi connectivity index (χ2n) is 4.78. The summed E-state index contributed by atoms with van der Waals surface area (Å²) in [7, 11) is -2.20. The topological polar surface area (TPSA) is 66.5 Å². The number of sulfonamides is 1. The van der Waals surface area contributed by atoms with Gasteiger partial charge in [-0.3, -0.25) is 4.79 Å². The Morgan fingerprint density at radius 2 is 1.85 bits per heavy atom. The molecule has 1 aromatic rings. The van der Waals surface area contributed by atoms with Gasteiger partial charge in [0.15, 0.2) is 0 Å². The molecule has 1 N–H and O–H groups in total. The fourth-order valence-corrected chi connectivity index (χ4v) is 2.77. The van der Waals surface area contributed by atoms with Crippen LogP contribution in [0.4, 0.5) is 0 Å². The fraction of sp³-hybridized carbons (Fsp3) is 0.500. The van der Waals surface area contributed by atoms with Crippen LogP contribution >= 0.6 is 0 Å². The molecule has 5 nitrogen and oxygen atoms in total. The van der Waals surface area contributed by atoms with E-state index in [4.69, 9.17) is 0 Å². The quantitative estimate of drug-likeness (QED) is 0.776. The molecule has 6 heteroatoms. The van der Waals surface area contributed by atoms with E-state index in [0.29, 0.717) is 6.54 Å². The van der Waals surface area contributed by atoms with E-state index in [0.717, 1.165) is 22.7 Å². The first kappa shape index (κ1) is 16.7. The number of carbonyl (C=O) groups is 1. The molecule has 0 saturated heterocycles. The van der Waals surface area contributed by atoms with Gasteiger partial charge in [0.25, 0.3) is 0 Å². The van der Waals surface area contributed by atoms with Gasteiger partial charge in [0.2, 0.25) is 15.9 Å². The molecule has 0 radical (unpaired) electrons. The maximum Gasteiger partial charge on any atom is 0.243 e. The molecule has 0 aliphatic heterocycles. The Hall–Kier alpha value is -1.40. The first-order valence-electron chi connectivity index (χ1n) is 6.67. The SMILES string of the molecule is CCCCNC(=O)CN(C)S(=O)(=O)c1ccc(C)cc1. The number of likely N-dealkylation sites (N-methyl/N-ethyl adjacent to an activating group) is 1. The minimum absolute atomic E-state index is 0.167. The van der Waals surface area contributed by atoms with Crippen LogP contribution < -0.4 is 5.32 Å². The molecule has 0 heterocycles. The first-order chi connectivity index (χ1) is 9.37. The molecule has 0 spiro atoms. The smallest absolute Gasteiger partial charge is 0.243 e. The monoisotopic (exact) mass is 298 g/mol. The number of hydrogen-bond acceptors (Lipinski definition) is 3. The van der Waals surface area contributed by atoms with Gasteiger partial charge in [-0.2, -0.15) is 4.31 Å². The average Bonchev–Trinajstić information content (AvgIpc) is 2.39. The molecular weight excluding hydrogens is 276 g/mol. The van der Waals surface area contributed by atoms with Crippen LogP contribution in [0.3, 0.4) is 0 Å². The Morgan fingerprint density at radius 1 is 1.25 bits per heavy atom. The van der Waals surface area contributed by atoms with E-state index >= 15 is 0 Å². The number of hydrogen-bond donors (Lipinski definition) is 1. The predicted octanol–water partition coefficient (Wildman–Crippen LogP) is 1.53. The zero-order chi connectivity index (χ0) is 15.2. The third-order valence-electron chi connectivity index (χ3n) is 2.95. The van der Waals surface area contributed by atoms with Crippen molar-refractivity contribution in [2.45, 2.75) is 31.6 Å². The highest BCUT2D eigenvalue weighted by Crippen LogP contribution is 2.14. The van der Waals surface area contributed by atoms with Gasteiger partial charge in [0.05, 0.1) is 11.4 Å². The van der Waals surface area contributed by atoms with E-state index in [9.17, 15) is 13.2 Å². The normalized spacial score (nSPS) is 11.6. The molecule has 0 bridgehead atoms. The minimum atomic E-state index is -3.61. The van der Waals surface area contributed by atoms with E-state index in [1.807, 2.05) is 13.8 Å². The van der Waals surface area contributed by atoms with E-state index < -0.39 is 10.0 Å². The minimum Gasteiger partial charge on any atom is -0.355 e. The van der Waals surface area contributed by atoms with Gasteiger partial charge in [-0.05, 0) is 25.5 Å². The van der Waals surface area contributed by atoms with Gasteiger partial charge in [0, 0.05) is 13.6 Å². The Bertz CT molecular complexity index is 538. The van der Waals surface area contributed by atoms with Crippen molar-refractivity contribution < 1.29 is 13.2 Å². The Morgan fingerprint density at radius 3 is 2.40 bits per heavy atom. The summed E-state index contributed by atoms with van der Waals surface area (Å²) >= 11 is 0. The Labute approximate surface area is 121 Å². The Kier molecular flexibility index (Phi) is 6.16. The third-order valence-corrected chi connectivity index (χ3v) is 4.77. The fourth-order valence-electron chi connectivity index (χ4n) is 1.64. The molecule has 112 valence electrons. The standard InChI is InChI=1S/C14H22N2O3S/c1-4-5-10-15-14(17)11-16(3)20(18,19)13-8-6-12(2)7-9-13/h6-9H,4-5,10-11H2,1-3H3,(H,15,17). The summed E-state index contributed by atoms with van der Waals surface area (Å²) in [4.78, 5) is 11.8. The highest BCUT2D eigenvalue weighted by atomic mass is 32.2. The lowest BCUT2D eigenvalue weighted by Gasteiger charge is -2.17. The van der Waals surface area contributed by atoms with Gasteiger partial charge in [0.1, 0.15) is 0 Å². The van der Waals surface area contributed by atoms with Crippen molar-refractivity contribution in [3.8, 4) is 0 Å². The molecule has 0 fully saturated rings. The summed E-state index contributed by atoms with van der Waals surface area (Å²) in [5, 5.41) is 2.70. The number of nitrogens with one attached hydrogen (secondary N) is 1. The summed E-state index contributed by atoms with van der Waals surface area (Å²) in [6.45, 7) is 4.33. The van der Waals surface area contributed by atoms with Gasteiger partial charge < -0.3 is 5.32 Å². The summed E-state index contributed by atoms with van der Waals surface area (Å²) < 4.78 is 25.6. The van der Waals surface area contributed by atoms with Crippen molar-refractivity contribution in [2.24, 2.45) is 0 Å². The molecule has 20 heavy (non-hydrogen) atoms. The van der Waals surface area contributed by atoms with Crippen LogP contribution in [0.15, 0.2) is 29.2 Å². The summed E-state index contributed by atoms with van der Waals surface area (Å²) in [5.74, 6) is -0.281. The molecule has 0 aliphatic rings. The second kappa shape index (κ2) is 7.40. The van der Waals surface area contributed by atoms with Crippen LogP contribution in [0.2, 0.25) is 0 Å². The number of aryl methyl sites for hydroxylation is 1. The average molecular weight is 298 g/mol. The van der Waals surface area contributed by atoms with Gasteiger partial charge in [-0.25, -0.2) is 8.42 Å². The Balaban J connectivity index is 2.68. The van der Waals surface area contributed by atoms with Crippen molar-refractivity contribution in [3.05, 3.63) is 29.8 Å². The number of nitrogens with zero attached hydrogens (tertiary/aromatic N) is 1. The maximum absolute atomic E-state index is 12.3. The molecule has 0 aromatic heterocycles. The summed E-state index contributed by atoms with van der Waals surface area (Å²) in [5.41, 5.74) is 0.990. The van der Waals surface area contributed by atoms with Crippen LogP contribution in [0.1, 0.15) is 25.3 Å². The van der Waals surface area contributed by atoms with Crippen LogP contribution in [0.25, 0.3) is 0 Å².